The van der Waals surface area contributed by atoms with Gasteiger partial charge in [0.1, 0.15) is 0 Å². The summed E-state index contributed by atoms with van der Waals surface area (Å²) in [7, 11) is 0. The highest BCUT2D eigenvalue weighted by molar-refractivity contribution is 14.1. The van der Waals surface area contributed by atoms with E-state index < -0.39 is 0 Å². The van der Waals surface area contributed by atoms with Gasteiger partial charge in [-0.2, -0.15) is 0 Å². The molecule has 2 rings (SSSR count). The summed E-state index contributed by atoms with van der Waals surface area (Å²) < 4.78 is 1.29. The summed E-state index contributed by atoms with van der Waals surface area (Å²) in [6, 6.07) is 8.35. The predicted molar refractivity (Wildman–Crippen MR) is 68.5 cm³/mol. The molecular formula is C10H9IN2S. The van der Waals surface area contributed by atoms with Crippen molar-refractivity contribution in [2.24, 2.45) is 0 Å². The van der Waals surface area contributed by atoms with Crippen molar-refractivity contribution in [2.45, 2.75) is 6.42 Å². The fraction of sp³-hybridized carbons (Fsp3) is 0.100. The first-order valence-electron chi connectivity index (χ1n) is 4.19. The topological polar surface area (TPSA) is 38.9 Å². The van der Waals surface area contributed by atoms with Crippen molar-refractivity contribution < 1.29 is 0 Å². The van der Waals surface area contributed by atoms with Gasteiger partial charge in [-0.15, -0.1) is 11.3 Å². The Bertz CT molecular complexity index is 439. The molecule has 0 atom stereocenters. The number of anilines is 1. The maximum Gasteiger partial charge on any atom is 0.180 e. The number of nitrogen functional groups attached to an aromatic ring is 1. The van der Waals surface area contributed by atoms with Gasteiger partial charge in [-0.25, -0.2) is 4.98 Å². The lowest BCUT2D eigenvalue weighted by molar-refractivity contribution is 1.20. The number of rotatable bonds is 2. The summed E-state index contributed by atoms with van der Waals surface area (Å²) in [5, 5.41) is 0.644. The largest absolute Gasteiger partial charge is 0.375 e. The van der Waals surface area contributed by atoms with Crippen LogP contribution in [0.5, 0.6) is 0 Å². The Morgan fingerprint density at radius 3 is 2.79 bits per heavy atom. The van der Waals surface area contributed by atoms with E-state index in [1.807, 2.05) is 12.3 Å². The molecule has 0 amide bonds. The van der Waals surface area contributed by atoms with Gasteiger partial charge in [-0.1, -0.05) is 18.2 Å². The van der Waals surface area contributed by atoms with E-state index in [4.69, 9.17) is 5.73 Å². The van der Waals surface area contributed by atoms with Gasteiger partial charge in [0.25, 0.3) is 0 Å². The first kappa shape index (κ1) is 9.92. The zero-order valence-corrected chi connectivity index (χ0v) is 10.4. The van der Waals surface area contributed by atoms with E-state index in [-0.39, 0.29) is 0 Å². The minimum absolute atomic E-state index is 0.644. The maximum absolute atomic E-state index is 5.58. The van der Waals surface area contributed by atoms with Crippen LogP contribution < -0.4 is 5.73 Å². The van der Waals surface area contributed by atoms with E-state index in [0.29, 0.717) is 5.13 Å². The van der Waals surface area contributed by atoms with E-state index in [1.165, 1.54) is 14.0 Å². The summed E-state index contributed by atoms with van der Waals surface area (Å²) in [6.45, 7) is 0. The number of hydrogen-bond donors (Lipinski definition) is 1. The highest BCUT2D eigenvalue weighted by Gasteiger charge is 2.02. The number of nitrogens with two attached hydrogens (primary N) is 1. The third-order valence-electron chi connectivity index (χ3n) is 1.89. The second-order valence-corrected chi connectivity index (χ2v) is 5.24. The van der Waals surface area contributed by atoms with Gasteiger partial charge >= 0.3 is 0 Å². The van der Waals surface area contributed by atoms with Crippen molar-refractivity contribution in [1.29, 1.82) is 0 Å². The second kappa shape index (κ2) is 4.27. The number of hydrogen-bond acceptors (Lipinski definition) is 3. The number of aromatic nitrogens is 1. The summed E-state index contributed by atoms with van der Waals surface area (Å²) in [5.41, 5.74) is 6.91. The summed E-state index contributed by atoms with van der Waals surface area (Å²) in [4.78, 5) is 5.25. The Kier molecular flexibility index (Phi) is 3.02. The van der Waals surface area contributed by atoms with Crippen LogP contribution in [0.2, 0.25) is 0 Å². The van der Waals surface area contributed by atoms with Gasteiger partial charge in [0, 0.05) is 21.1 Å². The fourth-order valence-corrected chi connectivity index (χ4v) is 2.52. The molecule has 2 nitrogen and oxygen atoms in total. The Morgan fingerprint density at radius 2 is 2.14 bits per heavy atom. The zero-order valence-electron chi connectivity index (χ0n) is 7.40. The predicted octanol–water partition coefficient (Wildman–Crippen LogP) is 2.92. The van der Waals surface area contributed by atoms with Crippen LogP contribution in [0, 0.1) is 3.57 Å². The van der Waals surface area contributed by atoms with Gasteiger partial charge in [0.05, 0.1) is 0 Å². The molecule has 14 heavy (non-hydrogen) atoms. The lowest BCUT2D eigenvalue weighted by Crippen LogP contribution is -1.87. The minimum atomic E-state index is 0.644. The number of thiazole rings is 1. The Labute approximate surface area is 100 Å². The Hall–Kier alpha value is -0.620. The van der Waals surface area contributed by atoms with Crippen molar-refractivity contribution in [1.82, 2.24) is 4.98 Å². The Morgan fingerprint density at radius 1 is 1.36 bits per heavy atom. The van der Waals surface area contributed by atoms with Crippen LogP contribution in [-0.4, -0.2) is 4.98 Å². The molecule has 0 unspecified atom stereocenters. The summed E-state index contributed by atoms with van der Waals surface area (Å²) in [5.74, 6) is 0. The van der Waals surface area contributed by atoms with Crippen LogP contribution in [0.3, 0.4) is 0 Å². The standard InChI is InChI=1S/C10H9IN2S/c11-9-4-2-1-3-7(9)5-8-6-13-10(12)14-8/h1-4,6H,5H2,(H2,12,13). The molecule has 0 saturated carbocycles. The average molecular weight is 316 g/mol. The molecule has 0 fully saturated rings. The molecule has 72 valence electrons. The van der Waals surface area contributed by atoms with Crippen LogP contribution in [0.25, 0.3) is 0 Å². The second-order valence-electron chi connectivity index (χ2n) is 2.93. The number of benzene rings is 1. The highest BCUT2D eigenvalue weighted by Crippen LogP contribution is 2.21. The third kappa shape index (κ3) is 2.24. The van der Waals surface area contributed by atoms with Crippen LogP contribution in [-0.2, 0) is 6.42 Å². The first-order valence-corrected chi connectivity index (χ1v) is 6.09. The summed E-state index contributed by atoms with van der Waals surface area (Å²) >= 11 is 3.90. The molecule has 2 aromatic rings. The zero-order chi connectivity index (χ0) is 9.97. The van der Waals surface area contributed by atoms with Gasteiger partial charge in [-0.05, 0) is 34.2 Å². The molecule has 1 aromatic carbocycles. The molecular weight excluding hydrogens is 307 g/mol. The van der Waals surface area contributed by atoms with Crippen molar-refractivity contribution in [2.75, 3.05) is 5.73 Å². The monoisotopic (exact) mass is 316 g/mol. The molecule has 0 aliphatic rings. The molecule has 2 N–H and O–H groups in total. The minimum Gasteiger partial charge on any atom is -0.375 e. The molecule has 1 heterocycles. The molecule has 1 aromatic heterocycles. The number of nitrogens with zero attached hydrogens (tertiary/aromatic N) is 1. The number of halogens is 1. The van der Waals surface area contributed by atoms with E-state index in [9.17, 15) is 0 Å². The maximum atomic E-state index is 5.58. The van der Waals surface area contributed by atoms with Gasteiger partial charge in [-0.3, -0.25) is 0 Å². The van der Waals surface area contributed by atoms with Gasteiger partial charge in [0.15, 0.2) is 5.13 Å². The van der Waals surface area contributed by atoms with Crippen LogP contribution in [0.1, 0.15) is 10.4 Å². The third-order valence-corrected chi connectivity index (χ3v) is 3.77. The molecule has 0 aliphatic carbocycles. The van der Waals surface area contributed by atoms with Crippen molar-refractivity contribution in [3.8, 4) is 0 Å². The van der Waals surface area contributed by atoms with E-state index in [0.717, 1.165) is 6.42 Å². The molecule has 0 radical (unpaired) electrons. The quantitative estimate of drug-likeness (QED) is 0.865. The van der Waals surface area contributed by atoms with Crippen LogP contribution >= 0.6 is 33.9 Å². The molecule has 0 saturated heterocycles. The van der Waals surface area contributed by atoms with E-state index >= 15 is 0 Å². The molecule has 4 heteroatoms. The fourth-order valence-electron chi connectivity index (χ4n) is 1.23. The van der Waals surface area contributed by atoms with Gasteiger partial charge in [0.2, 0.25) is 0 Å². The summed E-state index contributed by atoms with van der Waals surface area (Å²) in [6.07, 6.45) is 2.77. The van der Waals surface area contributed by atoms with Crippen molar-refractivity contribution >= 4 is 39.1 Å². The molecule has 0 bridgehead atoms. The SMILES string of the molecule is Nc1ncc(Cc2ccccc2I)s1. The lowest BCUT2D eigenvalue weighted by Gasteiger charge is -2.00. The smallest absolute Gasteiger partial charge is 0.180 e. The highest BCUT2D eigenvalue weighted by atomic mass is 127. The van der Waals surface area contributed by atoms with Crippen LogP contribution in [0.15, 0.2) is 30.5 Å². The Balaban J connectivity index is 2.23. The molecule has 0 aliphatic heterocycles. The molecule has 0 spiro atoms. The van der Waals surface area contributed by atoms with E-state index in [1.54, 1.807) is 11.3 Å². The normalized spacial score (nSPS) is 10.4. The van der Waals surface area contributed by atoms with Crippen molar-refractivity contribution in [3.05, 3.63) is 44.5 Å². The average Bonchev–Trinajstić information content (AvgIpc) is 2.56. The lowest BCUT2D eigenvalue weighted by atomic mass is 10.1. The van der Waals surface area contributed by atoms with Crippen LogP contribution in [0.4, 0.5) is 5.13 Å². The van der Waals surface area contributed by atoms with E-state index in [2.05, 4.69) is 45.8 Å². The van der Waals surface area contributed by atoms with Gasteiger partial charge < -0.3 is 5.73 Å². The first-order chi connectivity index (χ1) is 6.75. The van der Waals surface area contributed by atoms with Crippen molar-refractivity contribution in [3.63, 3.8) is 0 Å².